The van der Waals surface area contributed by atoms with E-state index < -0.39 is 0 Å². The highest BCUT2D eigenvalue weighted by Gasteiger charge is 2.11. The molecule has 3 heteroatoms. The number of benzene rings is 2. The Kier molecular flexibility index (Phi) is 3.85. The highest BCUT2D eigenvalue weighted by atomic mass is 16.5. The van der Waals surface area contributed by atoms with Crippen LogP contribution < -0.4 is 10.5 Å². The van der Waals surface area contributed by atoms with Gasteiger partial charge in [0.05, 0.1) is 7.11 Å². The topological polar surface area (TPSA) is 52.3 Å². The number of methoxy groups -OCH3 is 1. The van der Waals surface area contributed by atoms with Crippen LogP contribution in [0, 0.1) is 6.92 Å². The number of hydrogen-bond acceptors (Lipinski definition) is 3. The zero-order valence-corrected chi connectivity index (χ0v) is 11.1. The van der Waals surface area contributed by atoms with Crippen LogP contribution >= 0.6 is 0 Å². The first kappa shape index (κ1) is 13.1. The minimum Gasteiger partial charge on any atom is -0.497 e. The molecule has 3 nitrogen and oxygen atoms in total. The fourth-order valence-corrected chi connectivity index (χ4v) is 1.89. The Labute approximate surface area is 113 Å². The monoisotopic (exact) mass is 255 g/mol. The van der Waals surface area contributed by atoms with Gasteiger partial charge in [-0.2, -0.15) is 0 Å². The molecule has 0 aliphatic rings. The third-order valence-corrected chi connectivity index (χ3v) is 3.05. The molecule has 0 heterocycles. The lowest BCUT2D eigenvalue weighted by Gasteiger charge is -2.07. The Morgan fingerprint density at radius 1 is 1.16 bits per heavy atom. The molecule has 0 spiro atoms. The zero-order valence-electron chi connectivity index (χ0n) is 11.1. The highest BCUT2D eigenvalue weighted by Crippen LogP contribution is 2.21. The quantitative estimate of drug-likeness (QED) is 0.675. The first-order valence-electron chi connectivity index (χ1n) is 6.12. The van der Waals surface area contributed by atoms with Crippen molar-refractivity contribution in [1.82, 2.24) is 0 Å². The van der Waals surface area contributed by atoms with Gasteiger partial charge >= 0.3 is 0 Å². The number of ketones is 1. The van der Waals surface area contributed by atoms with E-state index in [1.165, 1.54) is 5.56 Å². The predicted molar refractivity (Wildman–Crippen MR) is 76.6 cm³/mol. The molecule has 19 heavy (non-hydrogen) atoms. The van der Waals surface area contributed by atoms with Crippen LogP contribution in [0.15, 0.2) is 42.5 Å². The van der Waals surface area contributed by atoms with Crippen LogP contribution in [0.4, 0.5) is 5.69 Å². The number of anilines is 1. The van der Waals surface area contributed by atoms with Gasteiger partial charge in [-0.25, -0.2) is 0 Å². The van der Waals surface area contributed by atoms with Crippen molar-refractivity contribution < 1.29 is 9.53 Å². The van der Waals surface area contributed by atoms with E-state index >= 15 is 0 Å². The molecule has 0 aliphatic heterocycles. The number of ether oxygens (including phenoxy) is 1. The molecule has 2 N–H and O–H groups in total. The van der Waals surface area contributed by atoms with E-state index in [-0.39, 0.29) is 5.78 Å². The smallest absolute Gasteiger partial charge is 0.169 e. The standard InChI is InChI=1S/C16H17NO2/c1-11-3-5-12(6-4-11)9-16(18)14-10-13(19-2)7-8-15(14)17/h3-8,10H,9,17H2,1-2H3. The van der Waals surface area contributed by atoms with Crippen LogP contribution in [0.5, 0.6) is 5.75 Å². The molecule has 0 radical (unpaired) electrons. The molecule has 0 bridgehead atoms. The molecule has 0 saturated heterocycles. The van der Waals surface area contributed by atoms with E-state index in [1.54, 1.807) is 25.3 Å². The normalized spacial score (nSPS) is 10.2. The molecule has 2 aromatic rings. The maximum absolute atomic E-state index is 12.3. The Balaban J connectivity index is 2.22. The first-order chi connectivity index (χ1) is 9.10. The number of rotatable bonds is 4. The lowest BCUT2D eigenvalue weighted by molar-refractivity contribution is 0.0993. The van der Waals surface area contributed by atoms with Crippen molar-refractivity contribution in [3.05, 3.63) is 59.2 Å². The number of nitrogen functional groups attached to an aromatic ring is 1. The van der Waals surface area contributed by atoms with Crippen LogP contribution in [-0.2, 0) is 6.42 Å². The first-order valence-corrected chi connectivity index (χ1v) is 6.12. The van der Waals surface area contributed by atoms with Crippen molar-refractivity contribution >= 4 is 11.5 Å². The van der Waals surface area contributed by atoms with Gasteiger partial charge in [-0.05, 0) is 30.7 Å². The SMILES string of the molecule is COc1ccc(N)c(C(=O)Cc2ccc(C)cc2)c1. The summed E-state index contributed by atoms with van der Waals surface area (Å²) >= 11 is 0. The van der Waals surface area contributed by atoms with Crippen LogP contribution in [0.25, 0.3) is 0 Å². The average molecular weight is 255 g/mol. The predicted octanol–water partition coefficient (Wildman–Crippen LogP) is 3.01. The summed E-state index contributed by atoms with van der Waals surface area (Å²) in [6.45, 7) is 2.02. The number of Topliss-reactive ketones (excluding diaryl/α,β-unsaturated/α-hetero) is 1. The van der Waals surface area contributed by atoms with Crippen LogP contribution in [0.2, 0.25) is 0 Å². The maximum atomic E-state index is 12.3. The van der Waals surface area contributed by atoms with E-state index in [4.69, 9.17) is 10.5 Å². The summed E-state index contributed by atoms with van der Waals surface area (Å²) in [6.07, 6.45) is 0.345. The van der Waals surface area contributed by atoms with Gasteiger partial charge in [0.2, 0.25) is 0 Å². The van der Waals surface area contributed by atoms with Gasteiger partial charge < -0.3 is 10.5 Å². The number of hydrogen-bond donors (Lipinski definition) is 1. The Morgan fingerprint density at radius 3 is 2.47 bits per heavy atom. The van der Waals surface area contributed by atoms with Gasteiger partial charge in [0.15, 0.2) is 5.78 Å². The molecular formula is C16H17NO2. The van der Waals surface area contributed by atoms with Gasteiger partial charge in [0.1, 0.15) is 5.75 Å². The molecule has 2 rings (SSSR count). The van der Waals surface area contributed by atoms with Crippen LogP contribution in [-0.4, -0.2) is 12.9 Å². The minimum atomic E-state index is 0.000234. The summed E-state index contributed by atoms with van der Waals surface area (Å²) in [5, 5.41) is 0. The third-order valence-electron chi connectivity index (χ3n) is 3.05. The van der Waals surface area contributed by atoms with Gasteiger partial charge in [0.25, 0.3) is 0 Å². The lowest BCUT2D eigenvalue weighted by atomic mass is 10.0. The molecule has 0 unspecified atom stereocenters. The Bertz CT molecular complexity index is 588. The summed E-state index contributed by atoms with van der Waals surface area (Å²) in [5.41, 5.74) is 9.01. The van der Waals surface area contributed by atoms with Crippen molar-refractivity contribution in [3.8, 4) is 5.75 Å². The lowest BCUT2D eigenvalue weighted by Crippen LogP contribution is -2.07. The molecule has 0 atom stereocenters. The fourth-order valence-electron chi connectivity index (χ4n) is 1.89. The number of nitrogens with two attached hydrogens (primary N) is 1. The van der Waals surface area contributed by atoms with Crippen LogP contribution in [0.3, 0.4) is 0 Å². The van der Waals surface area contributed by atoms with Gasteiger partial charge in [-0.1, -0.05) is 29.8 Å². The second-order valence-electron chi connectivity index (χ2n) is 4.54. The summed E-state index contributed by atoms with van der Waals surface area (Å²) in [4.78, 5) is 12.3. The van der Waals surface area contributed by atoms with Crippen molar-refractivity contribution in [1.29, 1.82) is 0 Å². The van der Waals surface area contributed by atoms with Crippen molar-refractivity contribution in [2.75, 3.05) is 12.8 Å². The molecule has 0 saturated carbocycles. The molecular weight excluding hydrogens is 238 g/mol. The zero-order chi connectivity index (χ0) is 13.8. The highest BCUT2D eigenvalue weighted by molar-refractivity contribution is 6.02. The summed E-state index contributed by atoms with van der Waals surface area (Å²) < 4.78 is 5.12. The Morgan fingerprint density at radius 2 is 1.84 bits per heavy atom. The molecule has 0 fully saturated rings. The minimum absolute atomic E-state index is 0.000234. The van der Waals surface area contributed by atoms with Crippen molar-refractivity contribution in [2.45, 2.75) is 13.3 Å². The number of aryl methyl sites for hydroxylation is 1. The summed E-state index contributed by atoms with van der Waals surface area (Å²) in [6, 6.07) is 13.0. The van der Waals surface area contributed by atoms with E-state index in [2.05, 4.69) is 0 Å². The van der Waals surface area contributed by atoms with E-state index in [9.17, 15) is 4.79 Å². The van der Waals surface area contributed by atoms with Gasteiger partial charge in [0, 0.05) is 17.7 Å². The molecule has 0 aromatic heterocycles. The summed E-state index contributed by atoms with van der Waals surface area (Å²) in [7, 11) is 1.57. The number of carbonyl (C=O) groups is 1. The van der Waals surface area contributed by atoms with Gasteiger partial charge in [-0.15, -0.1) is 0 Å². The van der Waals surface area contributed by atoms with Crippen molar-refractivity contribution in [2.24, 2.45) is 0 Å². The van der Waals surface area contributed by atoms with Crippen LogP contribution in [0.1, 0.15) is 21.5 Å². The molecule has 2 aromatic carbocycles. The average Bonchev–Trinajstić information content (AvgIpc) is 2.42. The second kappa shape index (κ2) is 5.57. The van der Waals surface area contributed by atoms with Crippen molar-refractivity contribution in [3.63, 3.8) is 0 Å². The fraction of sp³-hybridized carbons (Fsp3) is 0.188. The summed E-state index contributed by atoms with van der Waals surface area (Å²) in [5.74, 6) is 0.640. The van der Waals surface area contributed by atoms with E-state index in [0.29, 0.717) is 23.4 Å². The second-order valence-corrected chi connectivity index (χ2v) is 4.54. The third kappa shape index (κ3) is 3.13. The van der Waals surface area contributed by atoms with E-state index in [0.717, 1.165) is 5.56 Å². The molecule has 0 amide bonds. The largest absolute Gasteiger partial charge is 0.497 e. The number of carbonyl (C=O) groups excluding carboxylic acids is 1. The maximum Gasteiger partial charge on any atom is 0.169 e. The Hall–Kier alpha value is -2.29. The van der Waals surface area contributed by atoms with E-state index in [1.807, 2.05) is 31.2 Å². The van der Waals surface area contributed by atoms with Gasteiger partial charge in [-0.3, -0.25) is 4.79 Å². The molecule has 98 valence electrons. The molecule has 0 aliphatic carbocycles.